The van der Waals surface area contributed by atoms with E-state index < -0.39 is 12.4 Å². The maximum Gasteiger partial charge on any atom is 0.573 e. The number of nitrogens with one attached hydrogen (secondary N) is 1. The van der Waals surface area contributed by atoms with Gasteiger partial charge in [0.2, 0.25) is 5.91 Å². The predicted octanol–water partition coefficient (Wildman–Crippen LogP) is 6.58. The van der Waals surface area contributed by atoms with E-state index >= 15 is 0 Å². The molecule has 14 heteroatoms. The van der Waals surface area contributed by atoms with Crippen LogP contribution < -0.4 is 15.0 Å². The Morgan fingerprint density at radius 3 is 2.55 bits per heavy atom. The normalized spacial score (nSPS) is 14.5. The van der Waals surface area contributed by atoms with Crippen molar-refractivity contribution in [3.8, 4) is 11.4 Å². The fraction of sp³-hybridized carbons (Fsp3) is 0.179. The number of amides is 3. The van der Waals surface area contributed by atoms with Crippen LogP contribution in [0.25, 0.3) is 5.69 Å². The molecule has 1 aliphatic rings. The summed E-state index contributed by atoms with van der Waals surface area (Å²) in [6.45, 7) is 1.88. The minimum Gasteiger partial charge on any atom is -0.406 e. The Kier molecular flexibility index (Phi) is 8.50. The van der Waals surface area contributed by atoms with Crippen LogP contribution in [0.2, 0.25) is 5.02 Å². The van der Waals surface area contributed by atoms with Crippen molar-refractivity contribution in [3.63, 3.8) is 0 Å². The Hall–Kier alpha value is -4.36. The van der Waals surface area contributed by atoms with Crippen molar-refractivity contribution < 1.29 is 27.5 Å². The molecule has 4 aromatic rings. The van der Waals surface area contributed by atoms with Crippen LogP contribution in [0.15, 0.2) is 78.0 Å². The van der Waals surface area contributed by atoms with Crippen LogP contribution in [-0.4, -0.2) is 44.0 Å². The number of anilines is 2. The molecule has 3 aromatic carbocycles. The number of carbonyl (C=O) groups excluding carboxylic acids is 2. The Balaban J connectivity index is 1.16. The minimum atomic E-state index is -4.75. The number of rotatable bonds is 7. The van der Waals surface area contributed by atoms with Crippen LogP contribution in [-0.2, 0) is 17.6 Å². The molecule has 5 rings (SSSR count). The number of benzene rings is 3. The summed E-state index contributed by atoms with van der Waals surface area (Å²) >= 11 is 7.46. The van der Waals surface area contributed by atoms with E-state index in [1.165, 1.54) is 40.2 Å². The summed E-state index contributed by atoms with van der Waals surface area (Å²) in [5.41, 5.74) is 3.44. The lowest BCUT2D eigenvalue weighted by atomic mass is 10.1. The van der Waals surface area contributed by atoms with Crippen molar-refractivity contribution in [2.45, 2.75) is 26.1 Å². The number of ether oxygens (including phenoxy) is 1. The van der Waals surface area contributed by atoms with Gasteiger partial charge >= 0.3 is 12.4 Å². The fourth-order valence-corrected chi connectivity index (χ4v) is 5.12. The molecule has 0 spiro atoms. The Morgan fingerprint density at radius 2 is 1.83 bits per heavy atom. The highest BCUT2D eigenvalue weighted by molar-refractivity contribution is 8.15. The van der Waals surface area contributed by atoms with Crippen LogP contribution >= 0.6 is 23.4 Å². The van der Waals surface area contributed by atoms with Gasteiger partial charge in [0.25, 0.3) is 0 Å². The van der Waals surface area contributed by atoms with E-state index in [0.717, 1.165) is 22.9 Å². The number of hydrogen-bond acceptors (Lipinski definition) is 6. The number of nitrogens with zero attached hydrogens (tertiary/aromatic N) is 5. The summed E-state index contributed by atoms with van der Waals surface area (Å²) in [6.07, 6.45) is -2.14. The van der Waals surface area contributed by atoms with E-state index in [0.29, 0.717) is 40.8 Å². The zero-order valence-corrected chi connectivity index (χ0v) is 23.5. The Morgan fingerprint density at radius 1 is 1.10 bits per heavy atom. The van der Waals surface area contributed by atoms with Gasteiger partial charge in [-0.25, -0.2) is 14.5 Å². The van der Waals surface area contributed by atoms with E-state index in [1.807, 2.05) is 25.1 Å². The molecule has 1 N–H and O–H groups in total. The molecule has 1 fully saturated rings. The van der Waals surface area contributed by atoms with Crippen LogP contribution in [0.4, 0.5) is 29.3 Å². The van der Waals surface area contributed by atoms with Gasteiger partial charge in [0.05, 0.1) is 22.2 Å². The highest BCUT2D eigenvalue weighted by atomic mass is 35.5. The molecule has 0 unspecified atom stereocenters. The van der Waals surface area contributed by atoms with E-state index in [4.69, 9.17) is 11.6 Å². The van der Waals surface area contributed by atoms with E-state index in [2.05, 4.69) is 25.1 Å². The summed E-state index contributed by atoms with van der Waals surface area (Å²) in [5, 5.41) is 7.73. The largest absolute Gasteiger partial charge is 0.573 e. The van der Waals surface area contributed by atoms with Crippen LogP contribution in [0.3, 0.4) is 0 Å². The third kappa shape index (κ3) is 7.28. The zero-order valence-electron chi connectivity index (χ0n) is 21.9. The molecule has 0 radical (unpaired) electrons. The highest BCUT2D eigenvalue weighted by Crippen LogP contribution is 2.33. The van der Waals surface area contributed by atoms with Crippen molar-refractivity contribution >= 4 is 51.8 Å². The van der Waals surface area contributed by atoms with E-state index in [1.54, 1.807) is 24.3 Å². The summed E-state index contributed by atoms with van der Waals surface area (Å²) in [6, 6.07) is 17.2. The molecular formula is C28H22ClF3N6O3S. The summed E-state index contributed by atoms with van der Waals surface area (Å²) in [5.74, 6) is 0.179. The van der Waals surface area contributed by atoms with Gasteiger partial charge in [0.15, 0.2) is 11.0 Å². The molecule has 3 amide bonds. The molecule has 0 atom stereocenters. The average molecular weight is 615 g/mol. The van der Waals surface area contributed by atoms with E-state index in [-0.39, 0.29) is 22.6 Å². The molecule has 9 nitrogen and oxygen atoms in total. The first-order valence-electron chi connectivity index (χ1n) is 12.5. The van der Waals surface area contributed by atoms with Crippen molar-refractivity contribution in [2.75, 3.05) is 16.0 Å². The fourth-order valence-electron chi connectivity index (χ4n) is 4.06. The number of amidine groups is 1. The van der Waals surface area contributed by atoms with Gasteiger partial charge in [-0.2, -0.15) is 10.1 Å². The first-order valence-corrected chi connectivity index (χ1v) is 13.9. The zero-order chi connectivity index (χ0) is 29.9. The molecule has 42 heavy (non-hydrogen) atoms. The van der Waals surface area contributed by atoms with Gasteiger partial charge in [-0.15, -0.1) is 13.2 Å². The molecule has 1 aromatic heterocycles. The molecule has 0 aliphatic carbocycles. The third-order valence-corrected chi connectivity index (χ3v) is 7.26. The lowest BCUT2D eigenvalue weighted by molar-refractivity contribution is -0.274. The predicted molar refractivity (Wildman–Crippen MR) is 154 cm³/mol. The number of carbonyl (C=O) groups is 2. The number of urea groups is 1. The second-order valence-electron chi connectivity index (χ2n) is 9.14. The number of aromatic nitrogens is 3. The first kappa shape index (κ1) is 29.1. The van der Waals surface area contributed by atoms with Crippen molar-refractivity contribution in [2.24, 2.45) is 4.99 Å². The SMILES string of the molecule is Cc1ccc(Cl)c(N2C(=O)CSC2=NC(=O)Nc2ccc(CCc3ncn(-c4ccc(OC(F)(F)F)cc4)n3)cc2)c1. The molecule has 2 heterocycles. The van der Waals surface area contributed by atoms with Gasteiger partial charge < -0.3 is 10.1 Å². The third-order valence-electron chi connectivity index (χ3n) is 6.02. The van der Waals surface area contributed by atoms with Crippen LogP contribution in [0.5, 0.6) is 5.75 Å². The van der Waals surface area contributed by atoms with Crippen LogP contribution in [0, 0.1) is 6.92 Å². The number of aryl methyl sites for hydroxylation is 3. The second kappa shape index (κ2) is 12.2. The topological polar surface area (TPSA) is 102 Å². The summed E-state index contributed by atoms with van der Waals surface area (Å²) in [4.78, 5) is 34.9. The van der Waals surface area contributed by atoms with Crippen molar-refractivity contribution in [3.05, 3.63) is 95.0 Å². The number of hydrogen-bond donors (Lipinski definition) is 1. The smallest absolute Gasteiger partial charge is 0.406 e. The van der Waals surface area contributed by atoms with Crippen molar-refractivity contribution in [1.82, 2.24) is 14.8 Å². The molecule has 0 bridgehead atoms. The van der Waals surface area contributed by atoms with Gasteiger partial charge in [0, 0.05) is 12.1 Å². The maximum atomic E-state index is 12.6. The van der Waals surface area contributed by atoms with Crippen molar-refractivity contribution in [1.29, 1.82) is 0 Å². The Bertz CT molecular complexity index is 1640. The number of thioether (sulfide) groups is 1. The molecule has 1 aliphatic heterocycles. The lowest BCUT2D eigenvalue weighted by Crippen LogP contribution is -2.30. The average Bonchev–Trinajstić information content (AvgIpc) is 3.56. The quantitative estimate of drug-likeness (QED) is 0.252. The molecule has 216 valence electrons. The number of halogens is 4. The van der Waals surface area contributed by atoms with Gasteiger partial charge in [0.1, 0.15) is 12.1 Å². The van der Waals surface area contributed by atoms with Gasteiger partial charge in [-0.1, -0.05) is 41.6 Å². The Labute approximate surface area is 247 Å². The first-order chi connectivity index (χ1) is 20.0. The monoisotopic (exact) mass is 614 g/mol. The van der Waals surface area contributed by atoms with Gasteiger partial charge in [-0.05, 0) is 73.0 Å². The molecule has 0 saturated carbocycles. The van der Waals surface area contributed by atoms with Gasteiger partial charge in [-0.3, -0.25) is 9.69 Å². The number of alkyl halides is 3. The maximum absolute atomic E-state index is 12.6. The summed E-state index contributed by atoms with van der Waals surface area (Å²) in [7, 11) is 0. The number of aliphatic imine (C=N–C) groups is 1. The van der Waals surface area contributed by atoms with Crippen LogP contribution in [0.1, 0.15) is 17.0 Å². The standard InChI is InChI=1S/C28H22ClF3N6O3S/c1-17-2-12-22(29)23(14-17)38-25(39)15-42-27(38)35-26(40)34-19-6-3-18(4-7-19)5-13-24-33-16-37(36-24)20-8-10-21(11-9-20)41-28(30,31)32/h2-4,6-12,14,16H,5,13,15H2,1H3,(H,34,40). The van der Waals surface area contributed by atoms with E-state index in [9.17, 15) is 22.8 Å². The summed E-state index contributed by atoms with van der Waals surface area (Å²) < 4.78 is 42.4. The second-order valence-corrected chi connectivity index (χ2v) is 10.5. The molecular weight excluding hydrogens is 593 g/mol. The highest BCUT2D eigenvalue weighted by Gasteiger charge is 2.32. The minimum absolute atomic E-state index is 0.154. The lowest BCUT2D eigenvalue weighted by Gasteiger charge is -2.18. The molecule has 1 saturated heterocycles.